The number of carbonyl (C=O) groups excluding carboxylic acids is 1. The van der Waals surface area contributed by atoms with E-state index in [0.717, 1.165) is 4.90 Å². The number of carbonyl (C=O) groups is 1. The van der Waals surface area contributed by atoms with Gasteiger partial charge in [0.2, 0.25) is 5.91 Å². The number of nitrogens with zero attached hydrogens (tertiary/aromatic N) is 1. The molecular weight excluding hydrogens is 253 g/mol. The van der Waals surface area contributed by atoms with Crippen LogP contribution < -0.4 is 5.73 Å². The molecule has 0 saturated heterocycles. The first kappa shape index (κ1) is 16.1. The Kier molecular flexibility index (Phi) is 6.44. The van der Waals surface area contributed by atoms with Gasteiger partial charge in [-0.15, -0.1) is 0 Å². The fourth-order valence-corrected chi connectivity index (χ4v) is 1.74. The SMILES string of the molecule is CCCN(CC(F)(F)F)C(=O)C(CC)C(N)=S. The van der Waals surface area contributed by atoms with Crippen molar-refractivity contribution >= 4 is 23.1 Å². The molecule has 0 rings (SSSR count). The third kappa shape index (κ3) is 5.86. The molecule has 0 spiro atoms. The van der Waals surface area contributed by atoms with Crippen molar-refractivity contribution in [3.63, 3.8) is 0 Å². The van der Waals surface area contributed by atoms with Crippen LogP contribution in [0.4, 0.5) is 13.2 Å². The zero-order valence-electron chi connectivity index (χ0n) is 9.88. The first-order valence-electron chi connectivity index (χ1n) is 5.37. The van der Waals surface area contributed by atoms with Crippen molar-refractivity contribution in [2.45, 2.75) is 32.9 Å². The second-order valence-corrected chi connectivity index (χ2v) is 4.21. The zero-order valence-corrected chi connectivity index (χ0v) is 10.7. The van der Waals surface area contributed by atoms with Crippen LogP contribution in [0.15, 0.2) is 0 Å². The van der Waals surface area contributed by atoms with Gasteiger partial charge >= 0.3 is 6.18 Å². The van der Waals surface area contributed by atoms with E-state index in [1.165, 1.54) is 0 Å². The summed E-state index contributed by atoms with van der Waals surface area (Å²) in [6.07, 6.45) is -3.64. The highest BCUT2D eigenvalue weighted by molar-refractivity contribution is 7.80. The fourth-order valence-electron chi connectivity index (χ4n) is 1.47. The van der Waals surface area contributed by atoms with E-state index >= 15 is 0 Å². The molecule has 1 amide bonds. The molecule has 0 heterocycles. The Hall–Kier alpha value is -0.850. The average molecular weight is 270 g/mol. The van der Waals surface area contributed by atoms with E-state index in [-0.39, 0.29) is 11.5 Å². The minimum absolute atomic E-state index is 0.0530. The van der Waals surface area contributed by atoms with Crippen LogP contribution in [-0.4, -0.2) is 35.1 Å². The predicted molar refractivity (Wildman–Crippen MR) is 63.5 cm³/mol. The van der Waals surface area contributed by atoms with Gasteiger partial charge in [0.05, 0.1) is 10.9 Å². The lowest BCUT2D eigenvalue weighted by Crippen LogP contribution is -2.45. The first-order valence-corrected chi connectivity index (χ1v) is 5.78. The van der Waals surface area contributed by atoms with Crippen molar-refractivity contribution < 1.29 is 18.0 Å². The molecule has 0 fully saturated rings. The Bertz CT molecular complexity index is 281. The van der Waals surface area contributed by atoms with Crippen LogP contribution in [0.25, 0.3) is 0 Å². The number of hydrogen-bond donors (Lipinski definition) is 1. The summed E-state index contributed by atoms with van der Waals surface area (Å²) in [6, 6.07) is 0. The number of hydrogen-bond acceptors (Lipinski definition) is 2. The predicted octanol–water partition coefficient (Wildman–Crippen LogP) is 2.10. The lowest BCUT2D eigenvalue weighted by atomic mass is 10.0. The second-order valence-electron chi connectivity index (χ2n) is 3.74. The summed E-state index contributed by atoms with van der Waals surface area (Å²) < 4.78 is 36.9. The fraction of sp³-hybridized carbons (Fsp3) is 0.800. The average Bonchev–Trinajstić information content (AvgIpc) is 2.15. The summed E-state index contributed by atoms with van der Waals surface area (Å²) in [6.45, 7) is 2.17. The van der Waals surface area contributed by atoms with Gasteiger partial charge in [0.1, 0.15) is 6.54 Å². The van der Waals surface area contributed by atoms with Gasteiger partial charge in [0.25, 0.3) is 0 Å². The Morgan fingerprint density at radius 2 is 1.94 bits per heavy atom. The smallest absolute Gasteiger partial charge is 0.393 e. The van der Waals surface area contributed by atoms with E-state index in [2.05, 4.69) is 12.2 Å². The molecule has 0 aliphatic rings. The third-order valence-corrected chi connectivity index (χ3v) is 2.51. The van der Waals surface area contributed by atoms with E-state index in [1.807, 2.05) is 0 Å². The summed E-state index contributed by atoms with van der Waals surface area (Å²) in [5, 5.41) is 0. The van der Waals surface area contributed by atoms with Gasteiger partial charge in [-0.2, -0.15) is 13.2 Å². The van der Waals surface area contributed by atoms with Gasteiger partial charge in [0.15, 0.2) is 0 Å². The minimum atomic E-state index is -4.40. The van der Waals surface area contributed by atoms with E-state index in [1.54, 1.807) is 13.8 Å². The molecule has 3 nitrogen and oxygen atoms in total. The van der Waals surface area contributed by atoms with E-state index in [0.29, 0.717) is 12.8 Å². The molecule has 7 heteroatoms. The van der Waals surface area contributed by atoms with Crippen molar-refractivity contribution in [1.82, 2.24) is 4.90 Å². The van der Waals surface area contributed by atoms with Gasteiger partial charge in [-0.05, 0) is 12.8 Å². The number of nitrogens with two attached hydrogens (primary N) is 1. The number of rotatable bonds is 6. The molecule has 0 radical (unpaired) electrons. The molecule has 0 aromatic heterocycles. The highest BCUT2D eigenvalue weighted by Crippen LogP contribution is 2.19. The maximum Gasteiger partial charge on any atom is 0.406 e. The summed E-state index contributed by atoms with van der Waals surface area (Å²) in [5.74, 6) is -1.45. The standard InChI is InChI=1S/C10H17F3N2OS/c1-3-5-15(6-10(11,12)13)9(16)7(4-2)8(14)17/h7H,3-6H2,1-2H3,(H2,14,17). The van der Waals surface area contributed by atoms with E-state index in [9.17, 15) is 18.0 Å². The molecule has 2 N–H and O–H groups in total. The highest BCUT2D eigenvalue weighted by Gasteiger charge is 2.35. The van der Waals surface area contributed by atoms with Crippen LogP contribution in [0.5, 0.6) is 0 Å². The van der Waals surface area contributed by atoms with Crippen LogP contribution in [0.1, 0.15) is 26.7 Å². The quantitative estimate of drug-likeness (QED) is 0.752. The second kappa shape index (κ2) is 6.78. The molecule has 0 aliphatic carbocycles. The highest BCUT2D eigenvalue weighted by atomic mass is 32.1. The van der Waals surface area contributed by atoms with Gasteiger partial charge in [-0.1, -0.05) is 26.1 Å². The van der Waals surface area contributed by atoms with Crippen LogP contribution in [0.3, 0.4) is 0 Å². The summed E-state index contributed by atoms with van der Waals surface area (Å²) in [5.41, 5.74) is 5.35. The molecular formula is C10H17F3N2OS. The Morgan fingerprint density at radius 3 is 2.24 bits per heavy atom. The molecule has 0 saturated carbocycles. The van der Waals surface area contributed by atoms with Crippen molar-refractivity contribution in [2.24, 2.45) is 11.7 Å². The zero-order chi connectivity index (χ0) is 13.6. The monoisotopic (exact) mass is 270 g/mol. The number of alkyl halides is 3. The van der Waals surface area contributed by atoms with Gasteiger partial charge in [-0.25, -0.2) is 0 Å². The summed E-state index contributed by atoms with van der Waals surface area (Å²) in [7, 11) is 0. The summed E-state index contributed by atoms with van der Waals surface area (Å²) >= 11 is 4.69. The maximum atomic E-state index is 12.3. The van der Waals surface area contributed by atoms with E-state index < -0.39 is 24.5 Å². The number of halogens is 3. The number of thiocarbonyl (C=S) groups is 1. The molecule has 1 unspecified atom stereocenters. The van der Waals surface area contributed by atoms with Crippen LogP contribution >= 0.6 is 12.2 Å². The van der Waals surface area contributed by atoms with Crippen molar-refractivity contribution in [3.05, 3.63) is 0 Å². The maximum absolute atomic E-state index is 12.3. The van der Waals surface area contributed by atoms with E-state index in [4.69, 9.17) is 5.73 Å². The van der Waals surface area contributed by atoms with Crippen molar-refractivity contribution in [3.8, 4) is 0 Å². The Morgan fingerprint density at radius 1 is 1.41 bits per heavy atom. The minimum Gasteiger partial charge on any atom is -0.393 e. The topological polar surface area (TPSA) is 46.3 Å². The Labute approximate surface area is 104 Å². The molecule has 0 bridgehead atoms. The normalized spacial score (nSPS) is 13.2. The molecule has 100 valence electrons. The molecule has 0 aliphatic heterocycles. The van der Waals surface area contributed by atoms with Crippen molar-refractivity contribution in [2.75, 3.05) is 13.1 Å². The first-order chi connectivity index (χ1) is 7.72. The number of amides is 1. The molecule has 1 atom stereocenters. The largest absolute Gasteiger partial charge is 0.406 e. The van der Waals surface area contributed by atoms with Crippen LogP contribution in [-0.2, 0) is 4.79 Å². The van der Waals surface area contributed by atoms with Crippen molar-refractivity contribution in [1.29, 1.82) is 0 Å². The van der Waals surface area contributed by atoms with Crippen LogP contribution in [0.2, 0.25) is 0 Å². The van der Waals surface area contributed by atoms with Crippen LogP contribution in [0, 0.1) is 5.92 Å². The van der Waals surface area contributed by atoms with Gasteiger partial charge < -0.3 is 10.6 Å². The lowest BCUT2D eigenvalue weighted by molar-refractivity contribution is -0.162. The third-order valence-electron chi connectivity index (χ3n) is 2.23. The molecule has 0 aromatic carbocycles. The Balaban J connectivity index is 4.80. The molecule has 17 heavy (non-hydrogen) atoms. The van der Waals surface area contributed by atoms with Gasteiger partial charge in [0, 0.05) is 6.54 Å². The lowest BCUT2D eigenvalue weighted by Gasteiger charge is -2.27. The van der Waals surface area contributed by atoms with Gasteiger partial charge in [-0.3, -0.25) is 4.79 Å². The summed E-state index contributed by atoms with van der Waals surface area (Å²) in [4.78, 5) is 12.6. The molecule has 0 aromatic rings.